The van der Waals surface area contributed by atoms with E-state index in [2.05, 4.69) is 10.5 Å². The van der Waals surface area contributed by atoms with Crippen molar-refractivity contribution in [3.63, 3.8) is 0 Å². The highest BCUT2D eigenvalue weighted by atomic mass is 35.5. The summed E-state index contributed by atoms with van der Waals surface area (Å²) < 4.78 is 13.5. The van der Waals surface area contributed by atoms with E-state index in [1.807, 2.05) is 0 Å². The van der Waals surface area contributed by atoms with Gasteiger partial charge >= 0.3 is 0 Å². The van der Waals surface area contributed by atoms with E-state index in [4.69, 9.17) is 11.6 Å². The standard InChI is InChI=1S/C14H10ClFN2O4/c15-9-2-1-3-10(16)8(9)6-17-18-14(22)7-4-11(19)13(21)12(20)5-7/h1-6,19-21H,(H,18,22)/b17-6+. The lowest BCUT2D eigenvalue weighted by Crippen LogP contribution is -2.17. The van der Waals surface area contributed by atoms with Crippen LogP contribution in [0.1, 0.15) is 15.9 Å². The summed E-state index contributed by atoms with van der Waals surface area (Å²) in [5.41, 5.74) is 1.93. The van der Waals surface area contributed by atoms with Crippen molar-refractivity contribution in [2.75, 3.05) is 0 Å². The zero-order chi connectivity index (χ0) is 16.3. The van der Waals surface area contributed by atoms with Gasteiger partial charge in [-0.25, -0.2) is 9.82 Å². The van der Waals surface area contributed by atoms with E-state index in [0.29, 0.717) is 0 Å². The van der Waals surface area contributed by atoms with E-state index < -0.39 is 29.0 Å². The van der Waals surface area contributed by atoms with Crippen LogP contribution in [0, 0.1) is 5.82 Å². The molecule has 0 unspecified atom stereocenters. The van der Waals surface area contributed by atoms with Crippen molar-refractivity contribution in [3.05, 3.63) is 52.3 Å². The van der Waals surface area contributed by atoms with Crippen molar-refractivity contribution in [2.45, 2.75) is 0 Å². The minimum atomic E-state index is -0.783. The normalized spacial score (nSPS) is 10.8. The largest absolute Gasteiger partial charge is 0.504 e. The zero-order valence-corrected chi connectivity index (χ0v) is 11.7. The second-order valence-electron chi connectivity index (χ2n) is 4.20. The molecule has 6 nitrogen and oxygen atoms in total. The topological polar surface area (TPSA) is 102 Å². The molecule has 0 saturated heterocycles. The average Bonchev–Trinajstić information content (AvgIpc) is 2.47. The molecule has 4 N–H and O–H groups in total. The minimum Gasteiger partial charge on any atom is -0.504 e. The van der Waals surface area contributed by atoms with Gasteiger partial charge in [-0.1, -0.05) is 17.7 Å². The predicted molar refractivity (Wildman–Crippen MR) is 77.9 cm³/mol. The van der Waals surface area contributed by atoms with E-state index in [1.165, 1.54) is 18.2 Å². The van der Waals surface area contributed by atoms with Gasteiger partial charge in [0, 0.05) is 11.1 Å². The molecule has 0 aliphatic rings. The van der Waals surface area contributed by atoms with Gasteiger partial charge in [0.15, 0.2) is 17.2 Å². The number of nitrogens with zero attached hydrogens (tertiary/aromatic N) is 1. The number of phenolic OH excluding ortho intramolecular Hbond substituents is 3. The fourth-order valence-electron chi connectivity index (χ4n) is 1.59. The highest BCUT2D eigenvalue weighted by Crippen LogP contribution is 2.35. The Balaban J connectivity index is 2.15. The molecule has 2 aromatic carbocycles. The number of hydrazone groups is 1. The van der Waals surface area contributed by atoms with E-state index in [9.17, 15) is 24.5 Å². The van der Waals surface area contributed by atoms with E-state index in [-0.39, 0.29) is 16.1 Å². The number of hydrogen-bond donors (Lipinski definition) is 4. The molecule has 1 amide bonds. The van der Waals surface area contributed by atoms with Crippen LogP contribution in [0.5, 0.6) is 17.2 Å². The Morgan fingerprint density at radius 1 is 1.23 bits per heavy atom. The van der Waals surface area contributed by atoms with Crippen LogP contribution in [-0.4, -0.2) is 27.4 Å². The predicted octanol–water partition coefficient (Wildman–Crippen LogP) is 2.36. The Morgan fingerprint density at radius 2 is 1.86 bits per heavy atom. The number of carbonyl (C=O) groups is 1. The van der Waals surface area contributed by atoms with Gasteiger partial charge in [0.1, 0.15) is 5.82 Å². The number of carbonyl (C=O) groups excluding carboxylic acids is 1. The maximum Gasteiger partial charge on any atom is 0.271 e. The van der Waals surface area contributed by atoms with E-state index in [0.717, 1.165) is 18.3 Å². The third-order valence-electron chi connectivity index (χ3n) is 2.69. The van der Waals surface area contributed by atoms with Crippen LogP contribution in [0.25, 0.3) is 0 Å². The second kappa shape index (κ2) is 6.31. The second-order valence-corrected chi connectivity index (χ2v) is 4.60. The summed E-state index contributed by atoms with van der Waals surface area (Å²) in [6.07, 6.45) is 1.02. The van der Waals surface area contributed by atoms with Crippen LogP contribution < -0.4 is 5.43 Å². The molecular weight excluding hydrogens is 315 g/mol. The summed E-state index contributed by atoms with van der Waals surface area (Å²) in [7, 11) is 0. The Bertz CT molecular complexity index is 721. The molecule has 0 aliphatic carbocycles. The molecule has 2 aromatic rings. The van der Waals surface area contributed by atoms with Gasteiger partial charge in [0.2, 0.25) is 0 Å². The fourth-order valence-corrected chi connectivity index (χ4v) is 1.80. The fraction of sp³-hybridized carbons (Fsp3) is 0. The smallest absolute Gasteiger partial charge is 0.271 e. The number of halogens is 2. The van der Waals surface area contributed by atoms with Crippen molar-refractivity contribution in [2.24, 2.45) is 5.10 Å². The van der Waals surface area contributed by atoms with Crippen molar-refractivity contribution < 1.29 is 24.5 Å². The van der Waals surface area contributed by atoms with Gasteiger partial charge < -0.3 is 15.3 Å². The third-order valence-corrected chi connectivity index (χ3v) is 3.02. The lowest BCUT2D eigenvalue weighted by atomic mass is 10.2. The molecule has 0 saturated carbocycles. The van der Waals surface area contributed by atoms with Crippen molar-refractivity contribution in [1.82, 2.24) is 5.43 Å². The van der Waals surface area contributed by atoms with Gasteiger partial charge in [-0.15, -0.1) is 0 Å². The number of benzene rings is 2. The molecule has 0 fully saturated rings. The molecule has 0 atom stereocenters. The molecule has 2 rings (SSSR count). The molecule has 0 heterocycles. The highest BCUT2D eigenvalue weighted by Gasteiger charge is 2.13. The molecular formula is C14H10ClFN2O4. The zero-order valence-electron chi connectivity index (χ0n) is 10.9. The van der Waals surface area contributed by atoms with Crippen molar-refractivity contribution in [1.29, 1.82) is 0 Å². The summed E-state index contributed by atoms with van der Waals surface area (Å²) in [6.45, 7) is 0. The maximum absolute atomic E-state index is 13.5. The van der Waals surface area contributed by atoms with Gasteiger partial charge in [-0.05, 0) is 24.3 Å². The first-order valence-electron chi connectivity index (χ1n) is 5.92. The van der Waals surface area contributed by atoms with Crippen LogP contribution in [0.3, 0.4) is 0 Å². The van der Waals surface area contributed by atoms with E-state index in [1.54, 1.807) is 0 Å². The van der Waals surface area contributed by atoms with Gasteiger partial charge in [0.25, 0.3) is 5.91 Å². The summed E-state index contributed by atoms with van der Waals surface area (Å²) >= 11 is 5.78. The quantitative estimate of drug-likeness (QED) is 0.395. The average molecular weight is 325 g/mol. The molecule has 8 heteroatoms. The Hall–Kier alpha value is -2.80. The summed E-state index contributed by atoms with van der Waals surface area (Å²) in [5.74, 6) is -3.45. The van der Waals surface area contributed by atoms with Gasteiger partial charge in [-0.3, -0.25) is 4.79 Å². The molecule has 22 heavy (non-hydrogen) atoms. The SMILES string of the molecule is O=C(N/N=C/c1c(F)cccc1Cl)c1cc(O)c(O)c(O)c1. The minimum absolute atomic E-state index is 0.000803. The monoisotopic (exact) mass is 324 g/mol. The van der Waals surface area contributed by atoms with Crippen LogP contribution in [-0.2, 0) is 0 Å². The van der Waals surface area contributed by atoms with Gasteiger partial charge in [-0.2, -0.15) is 5.10 Å². The first kappa shape index (κ1) is 15.6. The van der Waals surface area contributed by atoms with Crippen LogP contribution in [0.15, 0.2) is 35.4 Å². The Labute approximate surface area is 129 Å². The first-order chi connectivity index (χ1) is 10.4. The number of amides is 1. The van der Waals surface area contributed by atoms with Crippen LogP contribution >= 0.6 is 11.6 Å². The molecule has 0 radical (unpaired) electrons. The number of aromatic hydroxyl groups is 3. The van der Waals surface area contributed by atoms with Crippen molar-refractivity contribution in [3.8, 4) is 17.2 Å². The van der Waals surface area contributed by atoms with Crippen molar-refractivity contribution >= 4 is 23.7 Å². The summed E-state index contributed by atoms with van der Waals surface area (Å²) in [4.78, 5) is 11.8. The number of phenols is 3. The Morgan fingerprint density at radius 3 is 2.45 bits per heavy atom. The first-order valence-corrected chi connectivity index (χ1v) is 6.30. The number of rotatable bonds is 3. The molecule has 114 valence electrons. The number of hydrogen-bond acceptors (Lipinski definition) is 5. The molecule has 0 aromatic heterocycles. The van der Waals surface area contributed by atoms with E-state index >= 15 is 0 Å². The lowest BCUT2D eigenvalue weighted by molar-refractivity contribution is 0.0954. The summed E-state index contributed by atoms with van der Waals surface area (Å²) in [5, 5.41) is 31.5. The highest BCUT2D eigenvalue weighted by molar-refractivity contribution is 6.33. The molecule has 0 spiro atoms. The Kier molecular flexibility index (Phi) is 4.47. The molecule has 0 bridgehead atoms. The van der Waals surface area contributed by atoms with Gasteiger partial charge in [0.05, 0.1) is 11.2 Å². The maximum atomic E-state index is 13.5. The third kappa shape index (κ3) is 3.26. The number of nitrogens with one attached hydrogen (secondary N) is 1. The van der Waals surface area contributed by atoms with Crippen LogP contribution in [0.2, 0.25) is 5.02 Å². The summed E-state index contributed by atoms with van der Waals surface area (Å²) in [6, 6.07) is 5.95. The molecule has 0 aliphatic heterocycles. The van der Waals surface area contributed by atoms with Crippen LogP contribution in [0.4, 0.5) is 4.39 Å². The lowest BCUT2D eigenvalue weighted by Gasteiger charge is -2.04.